The van der Waals surface area contributed by atoms with Crippen LogP contribution in [0.3, 0.4) is 0 Å². The first-order valence-electron chi connectivity index (χ1n) is 7.64. The molecule has 0 bridgehead atoms. The Labute approximate surface area is 132 Å². The summed E-state index contributed by atoms with van der Waals surface area (Å²) in [5.41, 5.74) is 1.000. The summed E-state index contributed by atoms with van der Waals surface area (Å²) in [6, 6.07) is 9.94. The lowest BCUT2D eigenvalue weighted by Crippen LogP contribution is -2.48. The summed E-state index contributed by atoms with van der Waals surface area (Å²) in [4.78, 5) is 24.7. The number of rotatable bonds is 3. The van der Waals surface area contributed by atoms with Crippen LogP contribution in [0.15, 0.2) is 42.5 Å². The van der Waals surface area contributed by atoms with E-state index < -0.39 is 0 Å². The third-order valence-electron chi connectivity index (χ3n) is 3.93. The van der Waals surface area contributed by atoms with Crippen molar-refractivity contribution in [2.45, 2.75) is 46.7 Å². The minimum absolute atomic E-state index is 0.00872. The average molecular weight is 300 g/mol. The summed E-state index contributed by atoms with van der Waals surface area (Å²) in [6.45, 7) is 8.64. The van der Waals surface area contributed by atoms with Gasteiger partial charge in [0.2, 0.25) is 5.91 Å². The van der Waals surface area contributed by atoms with Crippen molar-refractivity contribution >= 4 is 11.8 Å². The Morgan fingerprint density at radius 2 is 1.91 bits per heavy atom. The monoisotopic (exact) mass is 300 g/mol. The highest BCUT2D eigenvalue weighted by molar-refractivity contribution is 6.01. The zero-order valence-electron chi connectivity index (χ0n) is 13.7. The van der Waals surface area contributed by atoms with Gasteiger partial charge in [0.15, 0.2) is 0 Å². The van der Waals surface area contributed by atoms with Gasteiger partial charge in [-0.3, -0.25) is 9.59 Å². The first-order valence-corrected chi connectivity index (χ1v) is 7.64. The second-order valence-corrected chi connectivity index (χ2v) is 6.71. The third-order valence-corrected chi connectivity index (χ3v) is 3.93. The molecule has 0 unspecified atom stereocenters. The zero-order valence-corrected chi connectivity index (χ0v) is 13.7. The van der Waals surface area contributed by atoms with Crippen LogP contribution < -0.4 is 0 Å². The fraction of sp³-hybridized carbons (Fsp3) is 0.444. The lowest BCUT2D eigenvalue weighted by atomic mass is 9.85. The van der Waals surface area contributed by atoms with E-state index in [4.69, 9.17) is 0 Å². The number of amides is 2. The highest BCUT2D eigenvalue weighted by Crippen LogP contribution is 2.35. The lowest BCUT2D eigenvalue weighted by molar-refractivity contribution is -0.156. The van der Waals surface area contributed by atoms with E-state index in [1.807, 2.05) is 35.3 Å². The molecule has 0 aromatic heterocycles. The maximum absolute atomic E-state index is 12.4. The fourth-order valence-electron chi connectivity index (χ4n) is 2.81. The molecule has 1 aromatic carbocycles. The Kier molecular flexibility index (Phi) is 4.81. The van der Waals surface area contributed by atoms with E-state index in [0.29, 0.717) is 13.0 Å². The van der Waals surface area contributed by atoms with Crippen molar-refractivity contribution < 1.29 is 9.59 Å². The van der Waals surface area contributed by atoms with Gasteiger partial charge in [0.25, 0.3) is 5.91 Å². The van der Waals surface area contributed by atoms with Crippen LogP contribution in [0.4, 0.5) is 0 Å². The van der Waals surface area contributed by atoms with Crippen LogP contribution in [-0.4, -0.2) is 27.9 Å². The summed E-state index contributed by atoms with van der Waals surface area (Å²) in [6.07, 6.45) is 3.49. The summed E-state index contributed by atoms with van der Waals surface area (Å²) in [5, 5.41) is 3.23. The second-order valence-electron chi connectivity index (χ2n) is 6.71. The number of hydrogen-bond donors (Lipinski definition) is 0. The molecule has 1 aromatic rings. The van der Waals surface area contributed by atoms with Crippen LogP contribution in [0.25, 0.3) is 0 Å². The summed E-state index contributed by atoms with van der Waals surface area (Å²) in [7, 11) is 0. The van der Waals surface area contributed by atoms with Gasteiger partial charge in [0, 0.05) is 25.1 Å². The van der Waals surface area contributed by atoms with Crippen LogP contribution in [0.1, 0.15) is 39.7 Å². The molecule has 1 atom stereocenters. The molecule has 1 aliphatic heterocycles. The molecule has 0 spiro atoms. The number of benzene rings is 1. The van der Waals surface area contributed by atoms with Gasteiger partial charge in [-0.1, -0.05) is 57.2 Å². The Morgan fingerprint density at radius 1 is 1.27 bits per heavy atom. The molecule has 4 nitrogen and oxygen atoms in total. The van der Waals surface area contributed by atoms with Crippen molar-refractivity contribution in [3.05, 3.63) is 48.0 Å². The molecule has 2 amide bonds. The van der Waals surface area contributed by atoms with Crippen LogP contribution >= 0.6 is 0 Å². The molecule has 22 heavy (non-hydrogen) atoms. The van der Waals surface area contributed by atoms with Crippen LogP contribution in [-0.2, 0) is 16.1 Å². The van der Waals surface area contributed by atoms with E-state index >= 15 is 0 Å². The minimum atomic E-state index is -0.268. The van der Waals surface area contributed by atoms with Gasteiger partial charge >= 0.3 is 0 Å². The van der Waals surface area contributed by atoms with Gasteiger partial charge in [-0.15, -0.1) is 0 Å². The van der Waals surface area contributed by atoms with Gasteiger partial charge in [-0.2, -0.15) is 0 Å². The Morgan fingerprint density at radius 3 is 2.45 bits per heavy atom. The molecule has 4 heteroatoms. The first-order chi connectivity index (χ1) is 10.3. The Bertz CT molecular complexity index is 572. The molecule has 0 aliphatic carbocycles. The predicted molar refractivity (Wildman–Crippen MR) is 86.5 cm³/mol. The standard InChI is InChI=1S/C18H24N2O2/c1-5-9-16(21)20-17(22)12-15(18(2,3)4)19(20)13-14-10-7-6-8-11-14/h5-11,15H,12-13H2,1-4H3/b9-5+/t15-/m0/s1. The van der Waals surface area contributed by atoms with E-state index in [1.165, 1.54) is 11.1 Å². The molecule has 0 saturated carbocycles. The SMILES string of the molecule is C/C=C/C(=O)N1C(=O)C[C@@H](C(C)(C)C)N1Cc1ccccc1. The summed E-state index contributed by atoms with van der Waals surface area (Å²) >= 11 is 0. The molecule has 1 fully saturated rings. The van der Waals surface area contributed by atoms with Crippen LogP contribution in [0.2, 0.25) is 0 Å². The van der Waals surface area contributed by atoms with Crippen LogP contribution in [0.5, 0.6) is 0 Å². The van der Waals surface area contributed by atoms with Crippen molar-refractivity contribution in [3.63, 3.8) is 0 Å². The number of allylic oxidation sites excluding steroid dienone is 1. The maximum Gasteiger partial charge on any atom is 0.267 e. The van der Waals surface area contributed by atoms with E-state index in [1.54, 1.807) is 13.0 Å². The first kappa shape index (κ1) is 16.4. The molecule has 1 heterocycles. The molecule has 0 radical (unpaired) electrons. The number of carbonyl (C=O) groups is 2. The number of imide groups is 1. The van der Waals surface area contributed by atoms with E-state index in [9.17, 15) is 9.59 Å². The van der Waals surface area contributed by atoms with Gasteiger partial charge in [-0.05, 0) is 17.9 Å². The summed E-state index contributed by atoms with van der Waals surface area (Å²) in [5.74, 6) is -0.394. The molecular formula is C18H24N2O2. The topological polar surface area (TPSA) is 40.6 Å². The minimum Gasteiger partial charge on any atom is -0.273 e. The second kappa shape index (κ2) is 6.44. The normalized spacial score (nSPS) is 20.1. The number of hydrogen-bond acceptors (Lipinski definition) is 3. The molecule has 0 N–H and O–H groups in total. The maximum atomic E-state index is 12.4. The van der Waals surface area contributed by atoms with Gasteiger partial charge in [-0.25, -0.2) is 10.0 Å². The van der Waals surface area contributed by atoms with Crippen molar-refractivity contribution in [1.82, 2.24) is 10.0 Å². The highest BCUT2D eigenvalue weighted by atomic mass is 16.2. The van der Waals surface area contributed by atoms with E-state index in [0.717, 1.165) is 5.56 Å². The average Bonchev–Trinajstić information content (AvgIpc) is 2.77. The number of nitrogens with zero attached hydrogens (tertiary/aromatic N) is 2. The van der Waals surface area contributed by atoms with Gasteiger partial charge in [0.1, 0.15) is 0 Å². The Hall–Kier alpha value is -1.94. The fourth-order valence-corrected chi connectivity index (χ4v) is 2.81. The van der Waals surface area contributed by atoms with Crippen molar-refractivity contribution in [2.24, 2.45) is 5.41 Å². The number of hydrazine groups is 1. The van der Waals surface area contributed by atoms with Gasteiger partial charge < -0.3 is 0 Å². The summed E-state index contributed by atoms with van der Waals surface area (Å²) < 4.78 is 0. The molecule has 2 rings (SSSR count). The molecular weight excluding hydrogens is 276 g/mol. The highest BCUT2D eigenvalue weighted by Gasteiger charge is 2.45. The lowest BCUT2D eigenvalue weighted by Gasteiger charge is -2.37. The largest absolute Gasteiger partial charge is 0.273 e. The Balaban J connectivity index is 2.34. The third kappa shape index (κ3) is 3.45. The zero-order chi connectivity index (χ0) is 16.3. The van der Waals surface area contributed by atoms with Crippen LogP contribution in [0, 0.1) is 5.41 Å². The van der Waals surface area contributed by atoms with Crippen molar-refractivity contribution in [3.8, 4) is 0 Å². The van der Waals surface area contributed by atoms with Gasteiger partial charge in [0.05, 0.1) is 0 Å². The molecule has 118 valence electrons. The molecule has 1 saturated heterocycles. The molecule has 1 aliphatic rings. The smallest absolute Gasteiger partial charge is 0.267 e. The van der Waals surface area contributed by atoms with E-state index in [-0.39, 0.29) is 23.3 Å². The quantitative estimate of drug-likeness (QED) is 0.805. The van der Waals surface area contributed by atoms with Crippen molar-refractivity contribution in [1.29, 1.82) is 0 Å². The number of carbonyl (C=O) groups excluding carboxylic acids is 2. The van der Waals surface area contributed by atoms with Crippen molar-refractivity contribution in [2.75, 3.05) is 0 Å². The predicted octanol–water partition coefficient (Wildman–Crippen LogP) is 3.15. The van der Waals surface area contributed by atoms with E-state index in [2.05, 4.69) is 20.8 Å².